The van der Waals surface area contributed by atoms with Gasteiger partial charge >= 0.3 is 6.03 Å². The monoisotopic (exact) mass is 384 g/mol. The van der Waals surface area contributed by atoms with E-state index in [0.29, 0.717) is 16.5 Å². The summed E-state index contributed by atoms with van der Waals surface area (Å²) in [4.78, 5) is 11.8. The quantitative estimate of drug-likeness (QED) is 0.774. The van der Waals surface area contributed by atoms with Crippen molar-refractivity contribution in [3.8, 4) is 23.3 Å². The number of amides is 2. The summed E-state index contributed by atoms with van der Waals surface area (Å²) in [7, 11) is 0. The zero-order chi connectivity index (χ0) is 19.3. The van der Waals surface area contributed by atoms with Crippen LogP contribution in [0.3, 0.4) is 0 Å². The number of urea groups is 1. The van der Waals surface area contributed by atoms with E-state index in [2.05, 4.69) is 36.3 Å². The third-order valence-corrected chi connectivity index (χ3v) is 4.13. The zero-order valence-corrected chi connectivity index (χ0v) is 16.0. The fourth-order valence-corrected chi connectivity index (χ4v) is 2.98. The molecule has 0 bridgehead atoms. The molecule has 2 N–H and O–H groups in total. The third kappa shape index (κ3) is 5.32. The van der Waals surface area contributed by atoms with E-state index in [-0.39, 0.29) is 24.8 Å². The molecule has 0 radical (unpaired) electrons. The second kappa shape index (κ2) is 8.24. The van der Waals surface area contributed by atoms with Crippen molar-refractivity contribution in [1.82, 2.24) is 5.32 Å². The highest BCUT2D eigenvalue weighted by molar-refractivity contribution is 6.30. The molecule has 0 saturated heterocycles. The molecule has 1 aliphatic heterocycles. The van der Waals surface area contributed by atoms with Crippen molar-refractivity contribution in [2.45, 2.75) is 25.9 Å². The molecule has 0 spiro atoms. The number of carbonyl (C=O) groups excluding carboxylic acids is 1. The highest BCUT2D eigenvalue weighted by Gasteiger charge is 2.32. The lowest BCUT2D eigenvalue weighted by Gasteiger charge is -2.17. The minimum Gasteiger partial charge on any atom is -0.483 e. The van der Waals surface area contributed by atoms with Crippen LogP contribution in [0, 0.1) is 11.8 Å². The number of nitrogens with one attached hydrogen (secondary N) is 2. The Kier molecular flexibility index (Phi) is 5.78. The first kappa shape index (κ1) is 18.9. The highest BCUT2D eigenvalue weighted by Crippen LogP contribution is 2.41. The predicted octanol–water partition coefficient (Wildman–Crippen LogP) is 4.26. The molecule has 6 heteroatoms. The van der Waals surface area contributed by atoms with Gasteiger partial charge in [0, 0.05) is 22.7 Å². The summed E-state index contributed by atoms with van der Waals surface area (Å²) in [6.07, 6.45) is 0.858. The van der Waals surface area contributed by atoms with Crippen molar-refractivity contribution in [3.05, 3.63) is 53.1 Å². The van der Waals surface area contributed by atoms with E-state index in [1.54, 1.807) is 24.3 Å². The number of carbonyl (C=O) groups is 1. The van der Waals surface area contributed by atoms with E-state index in [0.717, 1.165) is 17.7 Å². The van der Waals surface area contributed by atoms with Gasteiger partial charge in [-0.15, -0.1) is 0 Å². The van der Waals surface area contributed by atoms with E-state index in [1.807, 2.05) is 18.2 Å². The Labute approximate surface area is 164 Å². The van der Waals surface area contributed by atoms with Gasteiger partial charge in [0.1, 0.15) is 12.2 Å². The molecular weight excluding hydrogens is 364 g/mol. The molecule has 1 aliphatic rings. The second-order valence-electron chi connectivity index (χ2n) is 6.74. The number of halogens is 1. The number of ether oxygens (including phenoxy) is 2. The van der Waals surface area contributed by atoms with Gasteiger partial charge in [-0.3, -0.25) is 0 Å². The Bertz CT molecular complexity index is 900. The van der Waals surface area contributed by atoms with Crippen LogP contribution in [0.2, 0.25) is 5.02 Å². The molecule has 0 atom stereocenters. The summed E-state index contributed by atoms with van der Waals surface area (Å²) in [5.41, 5.74) is 1.55. The van der Waals surface area contributed by atoms with E-state index in [4.69, 9.17) is 21.1 Å². The zero-order valence-electron chi connectivity index (χ0n) is 15.3. The van der Waals surface area contributed by atoms with Crippen LogP contribution in [-0.2, 0) is 6.42 Å². The summed E-state index contributed by atoms with van der Waals surface area (Å²) < 4.78 is 11.7. The number of rotatable bonds is 4. The molecule has 0 fully saturated rings. The Morgan fingerprint density at radius 3 is 2.89 bits per heavy atom. The van der Waals surface area contributed by atoms with Crippen molar-refractivity contribution < 1.29 is 14.3 Å². The predicted molar refractivity (Wildman–Crippen MR) is 107 cm³/mol. The number of hydrogen-bond acceptors (Lipinski definition) is 3. The SMILES string of the molecule is CC1(C)Cc2cccc(OCC#CCNC(=O)Nc3cccc(Cl)c3)c2O1. The van der Waals surface area contributed by atoms with Gasteiger partial charge in [0.15, 0.2) is 11.5 Å². The number of anilines is 1. The standard InChI is InChI=1S/C21H21ClN2O3/c1-21(2)14-15-7-5-10-18(19(15)27-21)26-12-4-3-11-23-20(25)24-17-9-6-8-16(22)13-17/h5-10,13H,11-12,14H2,1-2H3,(H2,23,24,25). The van der Waals surface area contributed by atoms with Gasteiger partial charge in [-0.1, -0.05) is 41.6 Å². The van der Waals surface area contributed by atoms with Crippen LogP contribution >= 0.6 is 11.6 Å². The van der Waals surface area contributed by atoms with Crippen molar-refractivity contribution in [3.63, 3.8) is 0 Å². The smallest absolute Gasteiger partial charge is 0.319 e. The first-order valence-electron chi connectivity index (χ1n) is 8.63. The van der Waals surface area contributed by atoms with Crippen molar-refractivity contribution in [2.75, 3.05) is 18.5 Å². The molecule has 0 unspecified atom stereocenters. The fraction of sp³-hybridized carbons (Fsp3) is 0.286. The van der Waals surface area contributed by atoms with E-state index >= 15 is 0 Å². The Hall–Kier alpha value is -2.84. The Morgan fingerprint density at radius 1 is 1.26 bits per heavy atom. The highest BCUT2D eigenvalue weighted by atomic mass is 35.5. The molecule has 0 saturated carbocycles. The molecule has 27 heavy (non-hydrogen) atoms. The maximum Gasteiger partial charge on any atom is 0.319 e. The lowest BCUT2D eigenvalue weighted by molar-refractivity contribution is 0.133. The maximum atomic E-state index is 11.8. The fourth-order valence-electron chi connectivity index (χ4n) is 2.79. The number of benzene rings is 2. The largest absolute Gasteiger partial charge is 0.483 e. The molecular formula is C21H21ClN2O3. The van der Waals surface area contributed by atoms with Crippen LogP contribution in [0.1, 0.15) is 19.4 Å². The molecule has 2 aromatic rings. The first-order chi connectivity index (χ1) is 12.9. The molecule has 2 aromatic carbocycles. The van der Waals surface area contributed by atoms with Crippen molar-refractivity contribution >= 4 is 23.3 Å². The van der Waals surface area contributed by atoms with E-state index < -0.39 is 0 Å². The van der Waals surface area contributed by atoms with Crippen molar-refractivity contribution in [2.24, 2.45) is 0 Å². The molecule has 140 valence electrons. The van der Waals surface area contributed by atoms with Crippen LogP contribution in [-0.4, -0.2) is 24.8 Å². The lowest BCUT2D eigenvalue weighted by atomic mass is 10.0. The number of fused-ring (bicyclic) bond motifs is 1. The molecule has 1 heterocycles. The number of para-hydroxylation sites is 1. The molecule has 0 aromatic heterocycles. The van der Waals surface area contributed by atoms with Crippen LogP contribution in [0.4, 0.5) is 10.5 Å². The molecule has 5 nitrogen and oxygen atoms in total. The minimum absolute atomic E-state index is 0.214. The minimum atomic E-state index is -0.344. The van der Waals surface area contributed by atoms with Gasteiger partial charge < -0.3 is 20.1 Å². The second-order valence-corrected chi connectivity index (χ2v) is 7.18. The molecule has 3 rings (SSSR count). The van der Waals surface area contributed by atoms with Gasteiger partial charge in [0.25, 0.3) is 0 Å². The van der Waals surface area contributed by atoms with E-state index in [1.165, 1.54) is 0 Å². The van der Waals surface area contributed by atoms with Gasteiger partial charge in [0.05, 0.1) is 6.54 Å². The Morgan fingerprint density at radius 2 is 2.07 bits per heavy atom. The topological polar surface area (TPSA) is 59.6 Å². The molecule has 0 aliphatic carbocycles. The maximum absolute atomic E-state index is 11.8. The van der Waals surface area contributed by atoms with Crippen LogP contribution in [0.15, 0.2) is 42.5 Å². The van der Waals surface area contributed by atoms with Gasteiger partial charge in [0.2, 0.25) is 0 Å². The van der Waals surface area contributed by atoms with Crippen LogP contribution < -0.4 is 20.1 Å². The molecule has 2 amide bonds. The summed E-state index contributed by atoms with van der Waals surface area (Å²) in [5, 5.41) is 5.90. The van der Waals surface area contributed by atoms with Crippen LogP contribution in [0.5, 0.6) is 11.5 Å². The summed E-state index contributed by atoms with van der Waals surface area (Å²) in [6, 6.07) is 12.5. The third-order valence-electron chi connectivity index (χ3n) is 3.90. The number of hydrogen-bond donors (Lipinski definition) is 2. The van der Waals surface area contributed by atoms with E-state index in [9.17, 15) is 4.79 Å². The van der Waals surface area contributed by atoms with Crippen LogP contribution in [0.25, 0.3) is 0 Å². The van der Waals surface area contributed by atoms with Crippen molar-refractivity contribution in [1.29, 1.82) is 0 Å². The Balaban J connectivity index is 1.43. The van der Waals surface area contributed by atoms with Gasteiger partial charge in [-0.25, -0.2) is 4.79 Å². The van der Waals surface area contributed by atoms with Gasteiger partial charge in [-0.2, -0.15) is 0 Å². The van der Waals surface area contributed by atoms with Gasteiger partial charge in [-0.05, 0) is 38.1 Å². The average Bonchev–Trinajstić information content (AvgIpc) is 2.92. The summed E-state index contributed by atoms with van der Waals surface area (Å²) in [6.45, 7) is 4.54. The first-order valence-corrected chi connectivity index (χ1v) is 9.01. The normalized spacial score (nSPS) is 13.6. The lowest BCUT2D eigenvalue weighted by Crippen LogP contribution is -2.28. The summed E-state index contributed by atoms with van der Waals surface area (Å²) >= 11 is 5.87. The average molecular weight is 385 g/mol. The summed E-state index contributed by atoms with van der Waals surface area (Å²) in [5.74, 6) is 7.22.